The summed E-state index contributed by atoms with van der Waals surface area (Å²) in [5.41, 5.74) is 3.27. The van der Waals surface area contributed by atoms with Crippen LogP contribution in [0.4, 0.5) is 8.78 Å². The Morgan fingerprint density at radius 3 is 2.33 bits per heavy atom. The fourth-order valence-electron chi connectivity index (χ4n) is 3.74. The fraction of sp³-hybridized carbons (Fsp3) is 0.200. The Hall–Kier alpha value is -2.66. The van der Waals surface area contributed by atoms with Crippen LogP contribution in [-0.4, -0.2) is 7.11 Å². The van der Waals surface area contributed by atoms with E-state index in [0.717, 1.165) is 39.8 Å². The van der Waals surface area contributed by atoms with Gasteiger partial charge in [0.1, 0.15) is 29.7 Å². The molecule has 3 aromatic carbocycles. The molecule has 5 heteroatoms. The van der Waals surface area contributed by atoms with Crippen molar-refractivity contribution >= 4 is 21.5 Å². The predicted octanol–water partition coefficient (Wildman–Crippen LogP) is 7.04. The molecule has 0 saturated carbocycles. The van der Waals surface area contributed by atoms with Gasteiger partial charge in [-0.2, -0.15) is 0 Å². The molecule has 30 heavy (non-hydrogen) atoms. The molecule has 0 unspecified atom stereocenters. The molecule has 0 saturated heterocycles. The molecule has 0 amide bonds. The van der Waals surface area contributed by atoms with Crippen LogP contribution in [0.5, 0.6) is 11.5 Å². The Morgan fingerprint density at radius 2 is 1.63 bits per heavy atom. The zero-order valence-electron chi connectivity index (χ0n) is 16.6. The molecule has 2 nitrogen and oxygen atoms in total. The number of ether oxygens (including phenoxy) is 2. The molecule has 0 aliphatic heterocycles. The van der Waals surface area contributed by atoms with Crippen molar-refractivity contribution in [1.29, 1.82) is 0 Å². The van der Waals surface area contributed by atoms with Crippen LogP contribution in [0, 0.1) is 11.6 Å². The van der Waals surface area contributed by atoms with Crippen molar-refractivity contribution in [3.05, 3.63) is 99.0 Å². The molecule has 1 aliphatic carbocycles. The molecule has 0 N–H and O–H groups in total. The Balaban J connectivity index is 1.71. The predicted molar refractivity (Wildman–Crippen MR) is 118 cm³/mol. The quantitative estimate of drug-likeness (QED) is 0.397. The summed E-state index contributed by atoms with van der Waals surface area (Å²) in [6, 6.07) is 17.6. The summed E-state index contributed by atoms with van der Waals surface area (Å²) in [6.45, 7) is 0.244. The van der Waals surface area contributed by atoms with Crippen LogP contribution < -0.4 is 9.47 Å². The van der Waals surface area contributed by atoms with Gasteiger partial charge in [-0.15, -0.1) is 0 Å². The zero-order chi connectivity index (χ0) is 21.1. The second-order valence-electron chi connectivity index (χ2n) is 7.19. The number of hydrogen-bond donors (Lipinski definition) is 0. The fourth-order valence-corrected chi connectivity index (χ4v) is 4.43. The minimum absolute atomic E-state index is 0.0396. The molecule has 1 aliphatic rings. The molecule has 0 fully saturated rings. The van der Waals surface area contributed by atoms with Crippen molar-refractivity contribution in [2.75, 3.05) is 7.11 Å². The number of aryl methyl sites for hydroxylation is 1. The van der Waals surface area contributed by atoms with E-state index in [0.29, 0.717) is 12.0 Å². The summed E-state index contributed by atoms with van der Waals surface area (Å²) in [4.78, 5) is 0. The van der Waals surface area contributed by atoms with Gasteiger partial charge in [0, 0.05) is 22.2 Å². The van der Waals surface area contributed by atoms with Crippen LogP contribution in [0.2, 0.25) is 0 Å². The minimum atomic E-state index is -0.645. The summed E-state index contributed by atoms with van der Waals surface area (Å²) < 4.78 is 42.1. The largest absolute Gasteiger partial charge is 0.497 e. The van der Waals surface area contributed by atoms with Gasteiger partial charge in [-0.1, -0.05) is 52.3 Å². The Labute approximate surface area is 183 Å². The normalized spacial score (nSPS) is 13.6. The number of fused-ring (bicyclic) bond motifs is 1. The molecule has 0 bridgehead atoms. The molecular weight excluding hydrogens is 450 g/mol. The lowest BCUT2D eigenvalue weighted by Crippen LogP contribution is -2.03. The molecule has 0 atom stereocenters. The van der Waals surface area contributed by atoms with Crippen LogP contribution in [0.25, 0.3) is 5.57 Å². The first-order valence-corrected chi connectivity index (χ1v) is 10.6. The van der Waals surface area contributed by atoms with E-state index >= 15 is 8.78 Å². The molecule has 0 radical (unpaired) electrons. The van der Waals surface area contributed by atoms with Crippen molar-refractivity contribution in [2.24, 2.45) is 0 Å². The van der Waals surface area contributed by atoms with Crippen molar-refractivity contribution in [1.82, 2.24) is 0 Å². The summed E-state index contributed by atoms with van der Waals surface area (Å²) in [5, 5.41) is 0. The summed E-state index contributed by atoms with van der Waals surface area (Å²) in [6.07, 6.45) is 2.40. The standard InChI is InChI=1S/C25H21BrF2O2/c1-29-18-10-11-20-17(12-18)8-5-9-21(26)24(20)25-22(27)13-19(14-23(25)28)30-15-16-6-3-2-4-7-16/h2-4,6-7,10-14H,5,8-9,15H2,1H3. The summed E-state index contributed by atoms with van der Waals surface area (Å²) in [5.74, 6) is -0.392. The molecule has 3 aromatic rings. The van der Waals surface area contributed by atoms with Gasteiger partial charge in [0.2, 0.25) is 0 Å². The van der Waals surface area contributed by atoms with Crippen molar-refractivity contribution in [2.45, 2.75) is 25.9 Å². The SMILES string of the molecule is COc1ccc2c(c1)CCCC(Br)=C2c1c(F)cc(OCc2ccccc2)cc1F. The Kier molecular flexibility index (Phi) is 6.18. The van der Waals surface area contributed by atoms with E-state index in [2.05, 4.69) is 15.9 Å². The van der Waals surface area contributed by atoms with E-state index in [-0.39, 0.29) is 17.9 Å². The zero-order valence-corrected chi connectivity index (χ0v) is 18.1. The van der Waals surface area contributed by atoms with E-state index in [1.54, 1.807) is 7.11 Å². The first kappa shape index (κ1) is 20.6. The van der Waals surface area contributed by atoms with Gasteiger partial charge in [-0.3, -0.25) is 0 Å². The van der Waals surface area contributed by atoms with Gasteiger partial charge in [-0.25, -0.2) is 8.78 Å². The van der Waals surface area contributed by atoms with Crippen molar-refractivity contribution in [3.8, 4) is 11.5 Å². The van der Waals surface area contributed by atoms with Crippen LogP contribution in [-0.2, 0) is 13.0 Å². The van der Waals surface area contributed by atoms with E-state index in [1.807, 2.05) is 48.5 Å². The Bertz CT molecular complexity index is 1070. The van der Waals surface area contributed by atoms with Crippen molar-refractivity contribution in [3.63, 3.8) is 0 Å². The van der Waals surface area contributed by atoms with Gasteiger partial charge in [0.25, 0.3) is 0 Å². The molecular formula is C25H21BrF2O2. The number of halogens is 3. The molecule has 4 rings (SSSR count). The van der Waals surface area contributed by atoms with E-state index < -0.39 is 11.6 Å². The first-order chi connectivity index (χ1) is 14.6. The maximum atomic E-state index is 15.2. The van der Waals surface area contributed by atoms with Gasteiger partial charge in [0.15, 0.2) is 0 Å². The highest BCUT2D eigenvalue weighted by Gasteiger charge is 2.24. The van der Waals surface area contributed by atoms with Crippen LogP contribution in [0.1, 0.15) is 35.1 Å². The lowest BCUT2D eigenvalue weighted by Gasteiger charge is -2.16. The van der Waals surface area contributed by atoms with E-state index in [4.69, 9.17) is 9.47 Å². The van der Waals surface area contributed by atoms with Gasteiger partial charge in [-0.05, 0) is 48.1 Å². The maximum absolute atomic E-state index is 15.2. The number of benzene rings is 3. The third kappa shape index (κ3) is 4.26. The highest BCUT2D eigenvalue weighted by Crippen LogP contribution is 2.41. The lowest BCUT2D eigenvalue weighted by molar-refractivity contribution is 0.302. The molecule has 0 heterocycles. The average molecular weight is 471 g/mol. The van der Waals surface area contributed by atoms with Gasteiger partial charge < -0.3 is 9.47 Å². The average Bonchev–Trinajstić information content (AvgIpc) is 2.91. The Morgan fingerprint density at radius 1 is 0.900 bits per heavy atom. The number of methoxy groups -OCH3 is 1. The maximum Gasteiger partial charge on any atom is 0.137 e. The van der Waals surface area contributed by atoms with Crippen LogP contribution >= 0.6 is 15.9 Å². The summed E-state index contributed by atoms with van der Waals surface area (Å²) >= 11 is 3.58. The van der Waals surface area contributed by atoms with Crippen LogP contribution in [0.15, 0.2) is 65.1 Å². The third-order valence-electron chi connectivity index (χ3n) is 5.21. The van der Waals surface area contributed by atoms with Crippen molar-refractivity contribution < 1.29 is 18.3 Å². The van der Waals surface area contributed by atoms with E-state index in [1.165, 1.54) is 12.1 Å². The monoisotopic (exact) mass is 470 g/mol. The highest BCUT2D eigenvalue weighted by molar-refractivity contribution is 9.11. The smallest absolute Gasteiger partial charge is 0.137 e. The van der Waals surface area contributed by atoms with E-state index in [9.17, 15) is 0 Å². The second-order valence-corrected chi connectivity index (χ2v) is 8.15. The number of rotatable bonds is 5. The van der Waals surface area contributed by atoms with Crippen LogP contribution in [0.3, 0.4) is 0 Å². The highest BCUT2D eigenvalue weighted by atomic mass is 79.9. The van der Waals surface area contributed by atoms with Gasteiger partial charge >= 0.3 is 0 Å². The summed E-state index contributed by atoms with van der Waals surface area (Å²) in [7, 11) is 1.61. The second kappa shape index (κ2) is 9.00. The minimum Gasteiger partial charge on any atom is -0.497 e. The number of hydrogen-bond acceptors (Lipinski definition) is 2. The van der Waals surface area contributed by atoms with Gasteiger partial charge in [0.05, 0.1) is 12.7 Å². The number of allylic oxidation sites excluding steroid dienone is 1. The topological polar surface area (TPSA) is 18.5 Å². The first-order valence-electron chi connectivity index (χ1n) is 9.79. The molecule has 0 aromatic heterocycles. The molecule has 154 valence electrons. The lowest BCUT2D eigenvalue weighted by atomic mass is 9.93. The third-order valence-corrected chi connectivity index (χ3v) is 6.00. The molecule has 0 spiro atoms.